The molecule has 1 heterocycles. The zero-order valence-corrected chi connectivity index (χ0v) is 13.1. The van der Waals surface area contributed by atoms with E-state index >= 15 is 0 Å². The van der Waals surface area contributed by atoms with Crippen LogP contribution in [0.3, 0.4) is 0 Å². The molecule has 0 radical (unpaired) electrons. The van der Waals surface area contributed by atoms with E-state index < -0.39 is 0 Å². The highest BCUT2D eigenvalue weighted by Gasteiger charge is 2.19. The smallest absolute Gasteiger partial charge is 0.234 e. The molecular weight excluding hydrogens is 297 g/mol. The van der Waals surface area contributed by atoms with Gasteiger partial charge in [0.15, 0.2) is 0 Å². The van der Waals surface area contributed by atoms with Gasteiger partial charge in [-0.15, -0.1) is 12.4 Å². The van der Waals surface area contributed by atoms with E-state index in [1.165, 1.54) is 0 Å². The number of benzene rings is 1. The Morgan fingerprint density at radius 1 is 1.45 bits per heavy atom. The first-order chi connectivity index (χ1) is 9.15. The molecule has 1 saturated heterocycles. The number of nitrogens with zero attached hydrogens (tertiary/aromatic N) is 1. The highest BCUT2D eigenvalue weighted by molar-refractivity contribution is 6.30. The monoisotopic (exact) mass is 317 g/mol. The summed E-state index contributed by atoms with van der Waals surface area (Å²) in [6.07, 6.45) is 0. The lowest BCUT2D eigenvalue weighted by atomic mass is 10.2. The van der Waals surface area contributed by atoms with Gasteiger partial charge in [-0.2, -0.15) is 0 Å². The lowest BCUT2D eigenvalue weighted by Gasteiger charge is -2.33. The van der Waals surface area contributed by atoms with Crippen molar-refractivity contribution in [1.82, 2.24) is 15.5 Å². The molecule has 0 spiro atoms. The Balaban J connectivity index is 0.00000200. The fourth-order valence-electron chi connectivity index (χ4n) is 2.16. The number of piperazine rings is 1. The molecule has 1 amide bonds. The minimum Gasteiger partial charge on any atom is -0.351 e. The summed E-state index contributed by atoms with van der Waals surface area (Å²) in [6, 6.07) is 7.93. The molecule has 6 heteroatoms. The summed E-state index contributed by atoms with van der Waals surface area (Å²) in [5.74, 6) is 0.0729. The van der Waals surface area contributed by atoms with Crippen LogP contribution in [0, 0.1) is 0 Å². The maximum atomic E-state index is 11.9. The highest BCUT2D eigenvalue weighted by atomic mass is 35.5. The largest absolute Gasteiger partial charge is 0.351 e. The van der Waals surface area contributed by atoms with Gasteiger partial charge >= 0.3 is 0 Å². The molecule has 0 aromatic heterocycles. The van der Waals surface area contributed by atoms with E-state index in [0.717, 1.165) is 25.2 Å². The van der Waals surface area contributed by atoms with Crippen molar-refractivity contribution in [3.63, 3.8) is 0 Å². The molecule has 1 fully saturated rings. The second-order valence-corrected chi connectivity index (χ2v) is 5.36. The van der Waals surface area contributed by atoms with Crippen LogP contribution in [0.1, 0.15) is 12.5 Å². The van der Waals surface area contributed by atoms with Crippen molar-refractivity contribution >= 4 is 29.9 Å². The minimum absolute atomic E-state index is 0. The average molecular weight is 318 g/mol. The van der Waals surface area contributed by atoms with Crippen molar-refractivity contribution in [2.24, 2.45) is 0 Å². The van der Waals surface area contributed by atoms with E-state index in [1.807, 2.05) is 24.3 Å². The first-order valence-corrected chi connectivity index (χ1v) is 6.99. The van der Waals surface area contributed by atoms with E-state index in [2.05, 4.69) is 22.5 Å². The molecule has 20 heavy (non-hydrogen) atoms. The molecule has 1 atom stereocenters. The Bertz CT molecular complexity index is 425. The van der Waals surface area contributed by atoms with Crippen molar-refractivity contribution in [3.8, 4) is 0 Å². The number of hydrogen-bond donors (Lipinski definition) is 2. The van der Waals surface area contributed by atoms with Crippen molar-refractivity contribution in [3.05, 3.63) is 34.9 Å². The van der Waals surface area contributed by atoms with Crippen LogP contribution in [0.2, 0.25) is 5.02 Å². The number of carbonyl (C=O) groups excluding carboxylic acids is 1. The molecule has 1 aliphatic rings. The molecule has 0 bridgehead atoms. The zero-order valence-electron chi connectivity index (χ0n) is 11.6. The van der Waals surface area contributed by atoms with E-state index in [4.69, 9.17) is 11.6 Å². The van der Waals surface area contributed by atoms with Crippen molar-refractivity contribution in [1.29, 1.82) is 0 Å². The summed E-state index contributed by atoms with van der Waals surface area (Å²) in [4.78, 5) is 14.1. The van der Waals surface area contributed by atoms with Gasteiger partial charge in [-0.3, -0.25) is 9.69 Å². The van der Waals surface area contributed by atoms with Gasteiger partial charge in [-0.25, -0.2) is 0 Å². The van der Waals surface area contributed by atoms with Gasteiger partial charge in [-0.1, -0.05) is 23.7 Å². The third kappa shape index (κ3) is 5.29. The standard InChI is InChI=1S/C14H20ClN3O.ClH/c1-11-8-16-6-7-18(11)10-14(19)17-9-12-2-4-13(15)5-3-12;/h2-5,11,16H,6-10H2,1H3,(H,17,19);1H/t11-;/m1./s1. The number of hydrogen-bond acceptors (Lipinski definition) is 3. The van der Waals surface area contributed by atoms with Crippen molar-refractivity contribution in [2.75, 3.05) is 26.2 Å². The molecule has 4 nitrogen and oxygen atoms in total. The number of amides is 1. The SMILES string of the molecule is C[C@@H]1CNCCN1CC(=O)NCc1ccc(Cl)cc1.Cl. The van der Waals surface area contributed by atoms with Crippen LogP contribution in [0.15, 0.2) is 24.3 Å². The highest BCUT2D eigenvalue weighted by Crippen LogP contribution is 2.09. The fraction of sp³-hybridized carbons (Fsp3) is 0.500. The first kappa shape index (κ1) is 17.2. The van der Waals surface area contributed by atoms with E-state index in [1.54, 1.807) is 0 Å². The van der Waals surface area contributed by atoms with Crippen LogP contribution < -0.4 is 10.6 Å². The summed E-state index contributed by atoms with van der Waals surface area (Å²) in [6.45, 7) is 5.99. The van der Waals surface area contributed by atoms with Crippen LogP contribution >= 0.6 is 24.0 Å². The summed E-state index contributed by atoms with van der Waals surface area (Å²) in [7, 11) is 0. The average Bonchev–Trinajstić information content (AvgIpc) is 2.41. The Labute approximate surface area is 131 Å². The Kier molecular flexibility index (Phi) is 7.30. The van der Waals surface area contributed by atoms with Crippen LogP contribution in [-0.4, -0.2) is 43.0 Å². The van der Waals surface area contributed by atoms with Gasteiger partial charge in [0, 0.05) is 37.2 Å². The molecule has 2 N–H and O–H groups in total. The molecule has 1 aliphatic heterocycles. The van der Waals surface area contributed by atoms with E-state index in [-0.39, 0.29) is 18.3 Å². The zero-order chi connectivity index (χ0) is 13.7. The fourth-order valence-corrected chi connectivity index (χ4v) is 2.29. The quantitative estimate of drug-likeness (QED) is 0.888. The third-order valence-corrected chi connectivity index (χ3v) is 3.64. The predicted octanol–water partition coefficient (Wildman–Crippen LogP) is 1.67. The molecule has 0 aliphatic carbocycles. The van der Waals surface area contributed by atoms with Crippen LogP contribution in [-0.2, 0) is 11.3 Å². The summed E-state index contributed by atoms with van der Waals surface area (Å²) in [5.41, 5.74) is 1.06. The molecule has 0 unspecified atom stereocenters. The Morgan fingerprint density at radius 3 is 2.80 bits per heavy atom. The molecule has 112 valence electrons. The van der Waals surface area contributed by atoms with Gasteiger partial charge in [-0.05, 0) is 24.6 Å². The van der Waals surface area contributed by atoms with Crippen molar-refractivity contribution in [2.45, 2.75) is 19.5 Å². The van der Waals surface area contributed by atoms with Gasteiger partial charge in [0.25, 0.3) is 0 Å². The van der Waals surface area contributed by atoms with Gasteiger partial charge in [0.05, 0.1) is 6.54 Å². The molecule has 1 aromatic carbocycles. The summed E-state index contributed by atoms with van der Waals surface area (Å²) >= 11 is 5.82. The topological polar surface area (TPSA) is 44.4 Å². The number of rotatable bonds is 4. The van der Waals surface area contributed by atoms with Gasteiger partial charge in [0.2, 0.25) is 5.91 Å². The molecule has 2 rings (SSSR count). The Hall–Kier alpha value is -0.810. The summed E-state index contributed by atoms with van der Waals surface area (Å²) < 4.78 is 0. The number of carbonyl (C=O) groups is 1. The first-order valence-electron chi connectivity index (χ1n) is 6.61. The lowest BCUT2D eigenvalue weighted by Crippen LogP contribution is -2.52. The maximum Gasteiger partial charge on any atom is 0.234 e. The second kappa shape index (κ2) is 8.47. The van der Waals surface area contributed by atoms with Crippen LogP contribution in [0.5, 0.6) is 0 Å². The number of nitrogens with one attached hydrogen (secondary N) is 2. The lowest BCUT2D eigenvalue weighted by molar-refractivity contribution is -0.123. The van der Waals surface area contributed by atoms with E-state index in [0.29, 0.717) is 24.2 Å². The Morgan fingerprint density at radius 2 is 2.15 bits per heavy atom. The van der Waals surface area contributed by atoms with Crippen LogP contribution in [0.4, 0.5) is 0 Å². The molecular formula is C14H21Cl2N3O. The van der Waals surface area contributed by atoms with E-state index in [9.17, 15) is 4.79 Å². The van der Waals surface area contributed by atoms with Gasteiger partial charge < -0.3 is 10.6 Å². The van der Waals surface area contributed by atoms with Crippen molar-refractivity contribution < 1.29 is 4.79 Å². The normalized spacial score (nSPS) is 19.2. The predicted molar refractivity (Wildman–Crippen MR) is 84.5 cm³/mol. The molecule has 1 aromatic rings. The summed E-state index contributed by atoms with van der Waals surface area (Å²) in [5, 5.41) is 6.97. The molecule has 0 saturated carbocycles. The minimum atomic E-state index is 0. The maximum absolute atomic E-state index is 11.9. The third-order valence-electron chi connectivity index (χ3n) is 3.39. The van der Waals surface area contributed by atoms with Crippen LogP contribution in [0.25, 0.3) is 0 Å². The second-order valence-electron chi connectivity index (χ2n) is 4.93. The van der Waals surface area contributed by atoms with Gasteiger partial charge in [0.1, 0.15) is 0 Å². The number of halogens is 2.